The predicted octanol–water partition coefficient (Wildman–Crippen LogP) is 3.71. The van der Waals surface area contributed by atoms with Crippen molar-refractivity contribution in [3.63, 3.8) is 0 Å². The van der Waals surface area contributed by atoms with E-state index in [0.29, 0.717) is 25.1 Å². The summed E-state index contributed by atoms with van der Waals surface area (Å²) in [6.45, 7) is 7.36. The Balaban J connectivity index is 1.84. The Morgan fingerprint density at radius 3 is 2.34 bits per heavy atom. The Bertz CT molecular complexity index is 905. The Labute approximate surface area is 192 Å². The lowest BCUT2D eigenvalue weighted by atomic mass is 9.89. The molecule has 2 aromatic rings. The van der Waals surface area contributed by atoms with Crippen LogP contribution in [0.5, 0.6) is 0 Å². The number of hydrogen-bond acceptors (Lipinski definition) is 4. The molecule has 0 saturated carbocycles. The Morgan fingerprint density at radius 1 is 1.03 bits per heavy atom. The van der Waals surface area contributed by atoms with Crippen molar-refractivity contribution in [2.24, 2.45) is 0 Å². The van der Waals surface area contributed by atoms with E-state index in [0.717, 1.165) is 49.4 Å². The van der Waals surface area contributed by atoms with Crippen LogP contribution in [0.2, 0.25) is 0 Å². The molecule has 0 radical (unpaired) electrons. The number of carbonyl (C=O) groups excluding carboxylic acids is 2. The van der Waals surface area contributed by atoms with E-state index in [-0.39, 0.29) is 17.7 Å². The number of likely N-dealkylation sites (N-methyl/N-ethyl adjacent to an activating group) is 1. The minimum Gasteiger partial charge on any atom is -0.343 e. The molecule has 172 valence electrons. The summed E-state index contributed by atoms with van der Waals surface area (Å²) >= 11 is 0. The van der Waals surface area contributed by atoms with E-state index in [1.807, 2.05) is 68.1 Å². The molecule has 1 fully saturated rings. The smallest absolute Gasteiger partial charge is 0.256 e. The first-order valence-electron chi connectivity index (χ1n) is 11.6. The van der Waals surface area contributed by atoms with Crippen molar-refractivity contribution in [3.05, 3.63) is 65.0 Å². The van der Waals surface area contributed by atoms with Crippen LogP contribution in [-0.4, -0.2) is 71.8 Å². The van der Waals surface area contributed by atoms with Crippen LogP contribution >= 0.6 is 0 Å². The molecule has 2 heterocycles. The molecule has 0 aliphatic carbocycles. The second-order valence-corrected chi connectivity index (χ2v) is 8.91. The van der Waals surface area contributed by atoms with Gasteiger partial charge in [-0.15, -0.1) is 0 Å². The molecule has 0 N–H and O–H groups in total. The Morgan fingerprint density at radius 2 is 1.72 bits per heavy atom. The van der Waals surface area contributed by atoms with Gasteiger partial charge in [0, 0.05) is 50.8 Å². The third kappa shape index (κ3) is 6.16. The van der Waals surface area contributed by atoms with E-state index in [1.165, 1.54) is 0 Å². The van der Waals surface area contributed by atoms with Gasteiger partial charge >= 0.3 is 0 Å². The third-order valence-corrected chi connectivity index (χ3v) is 6.15. The minimum absolute atomic E-state index is 0.0327. The summed E-state index contributed by atoms with van der Waals surface area (Å²) < 4.78 is 0. The van der Waals surface area contributed by atoms with Crippen LogP contribution in [0.4, 0.5) is 0 Å². The molecular weight excluding hydrogens is 400 g/mol. The summed E-state index contributed by atoms with van der Waals surface area (Å²) in [5.74, 6) is 0.433. The summed E-state index contributed by atoms with van der Waals surface area (Å²) in [7, 11) is 4.05. The average molecular weight is 437 g/mol. The van der Waals surface area contributed by atoms with Crippen molar-refractivity contribution >= 4 is 11.8 Å². The number of aryl methyl sites for hydroxylation is 1. The number of carbonyl (C=O) groups is 2. The topological polar surface area (TPSA) is 56.8 Å². The lowest BCUT2D eigenvalue weighted by molar-refractivity contribution is -0.131. The highest BCUT2D eigenvalue weighted by Gasteiger charge is 2.29. The standard InChI is InChI=1S/C26H36N4O2/c1-5-24(31)29-15-13-22(14-16-29)25-23(12-11-20(2)27-25)26(32)30(18-17-28(3)4)19-21-9-7-6-8-10-21/h6-12,22H,5,13-19H2,1-4H3. The molecule has 0 atom stereocenters. The maximum Gasteiger partial charge on any atom is 0.256 e. The first-order valence-corrected chi connectivity index (χ1v) is 11.6. The zero-order chi connectivity index (χ0) is 23.1. The number of likely N-dealkylation sites (tertiary alicyclic amines) is 1. The number of amides is 2. The predicted molar refractivity (Wildman–Crippen MR) is 128 cm³/mol. The molecule has 1 aliphatic heterocycles. The second-order valence-electron chi connectivity index (χ2n) is 8.91. The third-order valence-electron chi connectivity index (χ3n) is 6.15. The van der Waals surface area contributed by atoms with Gasteiger partial charge in [0.1, 0.15) is 0 Å². The molecule has 2 amide bonds. The van der Waals surface area contributed by atoms with Gasteiger partial charge in [-0.3, -0.25) is 14.6 Å². The molecule has 0 unspecified atom stereocenters. The summed E-state index contributed by atoms with van der Waals surface area (Å²) in [5.41, 5.74) is 3.63. The van der Waals surface area contributed by atoms with Gasteiger partial charge in [-0.1, -0.05) is 37.3 Å². The van der Waals surface area contributed by atoms with Crippen molar-refractivity contribution in [2.75, 3.05) is 40.3 Å². The first kappa shape index (κ1) is 23.9. The van der Waals surface area contributed by atoms with Crippen LogP contribution in [0.15, 0.2) is 42.5 Å². The number of hydrogen-bond donors (Lipinski definition) is 0. The fourth-order valence-electron chi connectivity index (χ4n) is 4.24. The van der Waals surface area contributed by atoms with Crippen molar-refractivity contribution in [1.82, 2.24) is 19.7 Å². The van der Waals surface area contributed by atoms with E-state index in [4.69, 9.17) is 4.98 Å². The van der Waals surface area contributed by atoms with Crippen LogP contribution in [0.25, 0.3) is 0 Å². The van der Waals surface area contributed by atoms with Crippen molar-refractivity contribution in [1.29, 1.82) is 0 Å². The van der Waals surface area contributed by atoms with Crippen LogP contribution in [0.1, 0.15) is 59.4 Å². The van der Waals surface area contributed by atoms with E-state index in [2.05, 4.69) is 17.0 Å². The molecular formula is C26H36N4O2. The summed E-state index contributed by atoms with van der Waals surface area (Å²) in [5, 5.41) is 0. The number of rotatable bonds is 8. The zero-order valence-corrected chi connectivity index (χ0v) is 19.9. The molecule has 1 aliphatic rings. The van der Waals surface area contributed by atoms with Crippen LogP contribution < -0.4 is 0 Å². The molecule has 0 spiro atoms. The van der Waals surface area contributed by atoms with Gasteiger partial charge in [0.05, 0.1) is 11.3 Å². The SMILES string of the molecule is CCC(=O)N1CCC(c2nc(C)ccc2C(=O)N(CCN(C)C)Cc2ccccc2)CC1. The number of aromatic nitrogens is 1. The molecule has 1 aromatic carbocycles. The average Bonchev–Trinajstić information content (AvgIpc) is 2.81. The molecule has 6 nitrogen and oxygen atoms in total. The highest BCUT2D eigenvalue weighted by Crippen LogP contribution is 2.30. The van der Waals surface area contributed by atoms with E-state index < -0.39 is 0 Å². The van der Waals surface area contributed by atoms with E-state index in [1.54, 1.807) is 0 Å². The molecule has 32 heavy (non-hydrogen) atoms. The highest BCUT2D eigenvalue weighted by atomic mass is 16.2. The Hall–Kier alpha value is -2.73. The van der Waals surface area contributed by atoms with Crippen molar-refractivity contribution in [2.45, 2.75) is 45.6 Å². The van der Waals surface area contributed by atoms with Gasteiger partial charge in [0.2, 0.25) is 5.91 Å². The maximum absolute atomic E-state index is 13.8. The molecule has 1 saturated heterocycles. The second kappa shape index (κ2) is 11.2. The van der Waals surface area contributed by atoms with Gasteiger partial charge in [-0.25, -0.2) is 0 Å². The largest absolute Gasteiger partial charge is 0.343 e. The number of pyridine rings is 1. The van der Waals surface area contributed by atoms with Crippen LogP contribution in [0.3, 0.4) is 0 Å². The molecule has 3 rings (SSSR count). The van der Waals surface area contributed by atoms with Crippen LogP contribution in [-0.2, 0) is 11.3 Å². The van der Waals surface area contributed by atoms with E-state index in [9.17, 15) is 9.59 Å². The molecule has 6 heteroatoms. The fraction of sp³-hybridized carbons (Fsp3) is 0.500. The lowest BCUT2D eigenvalue weighted by Crippen LogP contribution is -2.39. The monoisotopic (exact) mass is 436 g/mol. The van der Waals surface area contributed by atoms with Gasteiger partial charge < -0.3 is 14.7 Å². The first-order chi connectivity index (χ1) is 15.4. The molecule has 0 bridgehead atoms. The highest BCUT2D eigenvalue weighted by molar-refractivity contribution is 5.95. The van der Waals surface area contributed by atoms with Gasteiger partial charge in [-0.2, -0.15) is 0 Å². The summed E-state index contributed by atoms with van der Waals surface area (Å²) in [4.78, 5) is 36.6. The number of nitrogens with zero attached hydrogens (tertiary/aromatic N) is 4. The minimum atomic E-state index is 0.0327. The molecule has 1 aromatic heterocycles. The summed E-state index contributed by atoms with van der Waals surface area (Å²) in [6, 6.07) is 14.0. The quantitative estimate of drug-likeness (QED) is 0.633. The number of benzene rings is 1. The maximum atomic E-state index is 13.8. The van der Waals surface area contributed by atoms with Gasteiger partial charge in [-0.05, 0) is 51.6 Å². The van der Waals surface area contributed by atoms with Gasteiger partial charge in [0.15, 0.2) is 0 Å². The Kier molecular flexibility index (Phi) is 8.39. The lowest BCUT2D eigenvalue weighted by Gasteiger charge is -2.33. The van der Waals surface area contributed by atoms with Gasteiger partial charge in [0.25, 0.3) is 5.91 Å². The van der Waals surface area contributed by atoms with Crippen molar-refractivity contribution < 1.29 is 9.59 Å². The summed E-state index contributed by atoms with van der Waals surface area (Å²) in [6.07, 6.45) is 2.23. The van der Waals surface area contributed by atoms with E-state index >= 15 is 0 Å². The van der Waals surface area contributed by atoms with Crippen molar-refractivity contribution in [3.8, 4) is 0 Å². The zero-order valence-electron chi connectivity index (χ0n) is 19.9. The van der Waals surface area contributed by atoms with Crippen LogP contribution in [0, 0.1) is 6.92 Å². The number of piperidine rings is 1. The normalized spacial score (nSPS) is 14.6. The fourth-order valence-corrected chi connectivity index (χ4v) is 4.24.